The van der Waals surface area contributed by atoms with Crippen molar-refractivity contribution in [1.82, 2.24) is 4.90 Å². The van der Waals surface area contributed by atoms with Crippen molar-refractivity contribution in [3.05, 3.63) is 59.5 Å². The van der Waals surface area contributed by atoms with E-state index in [9.17, 15) is 4.79 Å². The third-order valence-corrected chi connectivity index (χ3v) is 3.24. The molecule has 0 aliphatic carbocycles. The third kappa shape index (κ3) is 3.96. The highest BCUT2D eigenvalue weighted by Gasteiger charge is 2.10. The monoisotopic (exact) mass is 272 g/mol. The fraction of sp³-hybridized carbons (Fsp3) is 0.312. The van der Waals surface area contributed by atoms with Crippen LogP contribution in [-0.2, 0) is 24.3 Å². The Morgan fingerprint density at radius 1 is 1.25 bits per heavy atom. The number of amides is 1. The molecule has 0 aliphatic heterocycles. The van der Waals surface area contributed by atoms with Gasteiger partial charge in [0, 0.05) is 33.0 Å². The van der Waals surface area contributed by atoms with Crippen molar-refractivity contribution in [2.45, 2.75) is 25.9 Å². The summed E-state index contributed by atoms with van der Waals surface area (Å²) in [5.74, 6) is 0.955. The average Bonchev–Trinajstić information content (AvgIpc) is 2.98. The standard InChI is InChI=1S/C16H20N2O2/c1-18(12-14-5-2-4-13(10-14)11-17)16(19)8-7-15-6-3-9-20-15/h2-6,9-10H,7-8,11-12,17H2,1H3. The van der Waals surface area contributed by atoms with Crippen LogP contribution in [0.15, 0.2) is 47.1 Å². The summed E-state index contributed by atoms with van der Waals surface area (Å²) in [7, 11) is 1.82. The summed E-state index contributed by atoms with van der Waals surface area (Å²) in [6.45, 7) is 1.12. The van der Waals surface area contributed by atoms with Gasteiger partial charge in [0.1, 0.15) is 5.76 Å². The SMILES string of the molecule is CN(Cc1cccc(CN)c1)C(=O)CCc1ccco1. The molecule has 4 nitrogen and oxygen atoms in total. The highest BCUT2D eigenvalue weighted by molar-refractivity contribution is 5.76. The normalized spacial score (nSPS) is 10.5. The smallest absolute Gasteiger partial charge is 0.223 e. The zero-order valence-electron chi connectivity index (χ0n) is 11.7. The zero-order chi connectivity index (χ0) is 14.4. The molecule has 20 heavy (non-hydrogen) atoms. The van der Waals surface area contributed by atoms with Crippen molar-refractivity contribution in [3.8, 4) is 0 Å². The fourth-order valence-electron chi connectivity index (χ4n) is 2.09. The second-order valence-corrected chi connectivity index (χ2v) is 4.85. The second kappa shape index (κ2) is 6.91. The van der Waals surface area contributed by atoms with Crippen molar-refractivity contribution in [3.63, 3.8) is 0 Å². The Bertz CT molecular complexity index is 549. The molecule has 0 radical (unpaired) electrons. The Labute approximate surface area is 119 Å². The maximum Gasteiger partial charge on any atom is 0.223 e. The van der Waals surface area contributed by atoms with Gasteiger partial charge in [-0.25, -0.2) is 0 Å². The van der Waals surface area contributed by atoms with Crippen molar-refractivity contribution in [1.29, 1.82) is 0 Å². The Morgan fingerprint density at radius 3 is 2.75 bits per heavy atom. The van der Waals surface area contributed by atoms with E-state index in [4.69, 9.17) is 10.2 Å². The van der Waals surface area contributed by atoms with E-state index >= 15 is 0 Å². The first-order chi connectivity index (χ1) is 9.69. The molecule has 1 aromatic heterocycles. The fourth-order valence-corrected chi connectivity index (χ4v) is 2.09. The molecule has 0 unspecified atom stereocenters. The zero-order valence-corrected chi connectivity index (χ0v) is 11.7. The third-order valence-electron chi connectivity index (χ3n) is 3.24. The van der Waals surface area contributed by atoms with Crippen LogP contribution < -0.4 is 5.73 Å². The highest BCUT2D eigenvalue weighted by Crippen LogP contribution is 2.10. The lowest BCUT2D eigenvalue weighted by Crippen LogP contribution is -2.26. The van der Waals surface area contributed by atoms with Gasteiger partial charge in [-0.2, -0.15) is 0 Å². The average molecular weight is 272 g/mol. The molecule has 106 valence electrons. The van der Waals surface area contributed by atoms with Crippen LogP contribution in [0.25, 0.3) is 0 Å². The molecule has 2 rings (SSSR count). The van der Waals surface area contributed by atoms with Gasteiger partial charge in [-0.3, -0.25) is 4.79 Å². The summed E-state index contributed by atoms with van der Waals surface area (Å²) in [6.07, 6.45) is 2.72. The summed E-state index contributed by atoms with van der Waals surface area (Å²) >= 11 is 0. The predicted octanol–water partition coefficient (Wildman–Crippen LogP) is 2.33. The summed E-state index contributed by atoms with van der Waals surface area (Å²) < 4.78 is 5.23. The molecular weight excluding hydrogens is 252 g/mol. The molecule has 2 N–H and O–H groups in total. The Kier molecular flexibility index (Phi) is 4.96. The number of furan rings is 1. The van der Waals surface area contributed by atoms with E-state index in [1.165, 1.54) is 0 Å². The van der Waals surface area contributed by atoms with Gasteiger partial charge in [0.2, 0.25) is 5.91 Å². The number of carbonyl (C=O) groups excluding carboxylic acids is 1. The van der Waals surface area contributed by atoms with E-state index in [2.05, 4.69) is 0 Å². The Morgan fingerprint density at radius 2 is 2.05 bits per heavy atom. The Balaban J connectivity index is 1.86. The van der Waals surface area contributed by atoms with E-state index in [-0.39, 0.29) is 5.91 Å². The largest absolute Gasteiger partial charge is 0.469 e. The van der Waals surface area contributed by atoms with Crippen LogP contribution in [0.2, 0.25) is 0 Å². The molecule has 0 aliphatic rings. The van der Waals surface area contributed by atoms with Crippen LogP contribution in [0.3, 0.4) is 0 Å². The highest BCUT2D eigenvalue weighted by atomic mass is 16.3. The first kappa shape index (κ1) is 14.3. The van der Waals surface area contributed by atoms with Crippen LogP contribution in [-0.4, -0.2) is 17.9 Å². The van der Waals surface area contributed by atoms with Gasteiger partial charge >= 0.3 is 0 Å². The quantitative estimate of drug-likeness (QED) is 0.878. The van der Waals surface area contributed by atoms with Gasteiger partial charge < -0.3 is 15.1 Å². The number of carbonyl (C=O) groups is 1. The van der Waals surface area contributed by atoms with Crippen molar-refractivity contribution < 1.29 is 9.21 Å². The topological polar surface area (TPSA) is 59.5 Å². The van der Waals surface area contributed by atoms with Crippen molar-refractivity contribution in [2.75, 3.05) is 7.05 Å². The number of hydrogen-bond acceptors (Lipinski definition) is 3. The number of rotatable bonds is 6. The number of hydrogen-bond donors (Lipinski definition) is 1. The molecule has 0 atom stereocenters. The molecule has 1 heterocycles. The predicted molar refractivity (Wildman–Crippen MR) is 77.8 cm³/mol. The van der Waals surface area contributed by atoms with E-state index < -0.39 is 0 Å². The molecule has 0 fully saturated rings. The van der Waals surface area contributed by atoms with Gasteiger partial charge in [-0.15, -0.1) is 0 Å². The summed E-state index contributed by atoms with van der Waals surface area (Å²) in [5.41, 5.74) is 7.80. The van der Waals surface area contributed by atoms with Gasteiger partial charge in [0.15, 0.2) is 0 Å². The lowest BCUT2D eigenvalue weighted by molar-refractivity contribution is -0.130. The molecule has 0 saturated heterocycles. The number of aryl methyl sites for hydroxylation is 1. The maximum absolute atomic E-state index is 12.1. The summed E-state index contributed by atoms with van der Waals surface area (Å²) in [6, 6.07) is 11.7. The first-order valence-electron chi connectivity index (χ1n) is 6.73. The first-order valence-corrected chi connectivity index (χ1v) is 6.73. The van der Waals surface area contributed by atoms with Crippen LogP contribution in [0, 0.1) is 0 Å². The molecule has 0 saturated carbocycles. The minimum Gasteiger partial charge on any atom is -0.469 e. The van der Waals surface area contributed by atoms with Gasteiger partial charge in [-0.1, -0.05) is 24.3 Å². The number of benzene rings is 1. The van der Waals surface area contributed by atoms with Gasteiger partial charge in [0.25, 0.3) is 0 Å². The van der Waals surface area contributed by atoms with Gasteiger partial charge in [-0.05, 0) is 23.3 Å². The van der Waals surface area contributed by atoms with E-state index in [0.29, 0.717) is 25.9 Å². The molecule has 4 heteroatoms. The van der Waals surface area contributed by atoms with E-state index in [1.54, 1.807) is 11.2 Å². The second-order valence-electron chi connectivity index (χ2n) is 4.85. The van der Waals surface area contributed by atoms with E-state index in [1.807, 2.05) is 43.4 Å². The lowest BCUT2D eigenvalue weighted by atomic mass is 10.1. The molecule has 1 aromatic carbocycles. The number of nitrogens with two attached hydrogens (primary N) is 1. The van der Waals surface area contributed by atoms with Crippen LogP contribution in [0.1, 0.15) is 23.3 Å². The van der Waals surface area contributed by atoms with Gasteiger partial charge in [0.05, 0.1) is 6.26 Å². The lowest BCUT2D eigenvalue weighted by Gasteiger charge is -2.17. The molecule has 0 bridgehead atoms. The van der Waals surface area contributed by atoms with Crippen LogP contribution in [0.5, 0.6) is 0 Å². The molecule has 2 aromatic rings. The Hall–Kier alpha value is -2.07. The summed E-state index contributed by atoms with van der Waals surface area (Å²) in [4.78, 5) is 13.8. The van der Waals surface area contributed by atoms with Crippen LogP contribution in [0.4, 0.5) is 0 Å². The van der Waals surface area contributed by atoms with E-state index in [0.717, 1.165) is 16.9 Å². The summed E-state index contributed by atoms with van der Waals surface area (Å²) in [5, 5.41) is 0. The maximum atomic E-state index is 12.1. The minimum atomic E-state index is 0.111. The van der Waals surface area contributed by atoms with Crippen molar-refractivity contribution >= 4 is 5.91 Å². The molecule has 0 spiro atoms. The number of nitrogens with zero attached hydrogens (tertiary/aromatic N) is 1. The van der Waals surface area contributed by atoms with Crippen molar-refractivity contribution in [2.24, 2.45) is 5.73 Å². The minimum absolute atomic E-state index is 0.111. The van der Waals surface area contributed by atoms with Crippen LogP contribution >= 0.6 is 0 Å². The molecule has 1 amide bonds. The molecular formula is C16H20N2O2.